The summed E-state index contributed by atoms with van der Waals surface area (Å²) in [6, 6.07) is 13.0. The number of aliphatic hydroxyl groups is 1. The van der Waals surface area contributed by atoms with Gasteiger partial charge in [0.15, 0.2) is 11.5 Å². The third-order valence-electron chi connectivity index (χ3n) is 5.90. The van der Waals surface area contributed by atoms with Crippen LogP contribution in [0.4, 0.5) is 0 Å². The number of fused-ring (bicyclic) bond motifs is 1. The molecule has 6 heteroatoms. The molecular weight excluding hydrogens is 380 g/mol. The van der Waals surface area contributed by atoms with Crippen LogP contribution in [-0.4, -0.2) is 54.8 Å². The van der Waals surface area contributed by atoms with Crippen LogP contribution in [0.1, 0.15) is 35.6 Å². The molecule has 1 saturated heterocycles. The Kier molecular flexibility index (Phi) is 6.55. The van der Waals surface area contributed by atoms with Crippen molar-refractivity contribution in [3.05, 3.63) is 59.2 Å². The minimum absolute atomic E-state index is 0.0786. The summed E-state index contributed by atoms with van der Waals surface area (Å²) in [5.74, 6) is 1.26. The van der Waals surface area contributed by atoms with E-state index in [2.05, 4.69) is 10.2 Å². The van der Waals surface area contributed by atoms with E-state index in [9.17, 15) is 9.90 Å². The van der Waals surface area contributed by atoms with E-state index in [1.54, 1.807) is 0 Å². The smallest absolute Gasteiger partial charge is 0.224 e. The van der Waals surface area contributed by atoms with E-state index in [0.29, 0.717) is 37.7 Å². The predicted molar refractivity (Wildman–Crippen MR) is 115 cm³/mol. The second-order valence-corrected chi connectivity index (χ2v) is 8.13. The Morgan fingerprint density at radius 3 is 2.60 bits per heavy atom. The molecule has 0 aliphatic carbocycles. The maximum absolute atomic E-state index is 12.8. The molecule has 0 bridgehead atoms. The van der Waals surface area contributed by atoms with E-state index in [4.69, 9.17) is 9.47 Å². The van der Waals surface area contributed by atoms with E-state index in [1.807, 2.05) is 49.4 Å². The van der Waals surface area contributed by atoms with Gasteiger partial charge in [0, 0.05) is 6.54 Å². The Balaban J connectivity index is 1.50. The van der Waals surface area contributed by atoms with E-state index in [1.165, 1.54) is 0 Å². The van der Waals surface area contributed by atoms with Crippen LogP contribution < -0.4 is 14.8 Å². The van der Waals surface area contributed by atoms with Gasteiger partial charge in [-0.2, -0.15) is 0 Å². The Morgan fingerprint density at radius 2 is 1.83 bits per heavy atom. The number of benzene rings is 2. The molecule has 0 radical (unpaired) electrons. The molecule has 2 aliphatic rings. The van der Waals surface area contributed by atoms with Crippen LogP contribution in [0.25, 0.3) is 0 Å². The lowest BCUT2D eigenvalue weighted by atomic mass is 10.00. The number of nitrogens with zero attached hydrogens (tertiary/aromatic N) is 1. The van der Waals surface area contributed by atoms with E-state index < -0.39 is 12.1 Å². The standard InChI is InChI=1S/C24H30N2O4/c1-17-6-2-3-7-18(17)15-23(27)25-20(16-26-10-4-5-11-26)24(28)19-8-9-21-22(14-19)30-13-12-29-21/h2-3,6-9,14,20,24,28H,4-5,10-13,15-16H2,1H3,(H,25,27)/t20-,24-/m1/s1. The number of carbonyl (C=O) groups excluding carboxylic acids is 1. The normalized spacial score (nSPS) is 18.1. The Morgan fingerprint density at radius 1 is 1.10 bits per heavy atom. The summed E-state index contributed by atoms with van der Waals surface area (Å²) >= 11 is 0. The van der Waals surface area contributed by atoms with Gasteiger partial charge in [-0.1, -0.05) is 30.3 Å². The number of ether oxygens (including phenoxy) is 2. The fraction of sp³-hybridized carbons (Fsp3) is 0.458. The van der Waals surface area contributed by atoms with Gasteiger partial charge < -0.3 is 24.8 Å². The maximum atomic E-state index is 12.8. The fourth-order valence-corrected chi connectivity index (χ4v) is 4.18. The number of hydrogen-bond donors (Lipinski definition) is 2. The van der Waals surface area contributed by atoms with Crippen LogP contribution in [0.5, 0.6) is 11.5 Å². The van der Waals surface area contributed by atoms with Crippen molar-refractivity contribution in [3.63, 3.8) is 0 Å². The van der Waals surface area contributed by atoms with Gasteiger partial charge in [0.25, 0.3) is 0 Å². The Bertz CT molecular complexity index is 879. The first-order chi connectivity index (χ1) is 14.6. The first kappa shape index (κ1) is 20.7. The van der Waals surface area contributed by atoms with Crippen molar-refractivity contribution in [2.45, 2.75) is 38.3 Å². The number of hydrogen-bond acceptors (Lipinski definition) is 5. The van der Waals surface area contributed by atoms with Crippen LogP contribution in [0.15, 0.2) is 42.5 Å². The summed E-state index contributed by atoms with van der Waals surface area (Å²) in [6.45, 7) is 5.65. The molecule has 6 nitrogen and oxygen atoms in total. The zero-order chi connectivity index (χ0) is 20.9. The molecule has 2 heterocycles. The minimum atomic E-state index is -0.831. The van der Waals surface area contributed by atoms with Crippen LogP contribution in [0.2, 0.25) is 0 Å². The summed E-state index contributed by atoms with van der Waals surface area (Å²) in [7, 11) is 0. The predicted octanol–water partition coefficient (Wildman–Crippen LogP) is 2.62. The lowest BCUT2D eigenvalue weighted by Crippen LogP contribution is -2.47. The van der Waals surface area contributed by atoms with E-state index in [-0.39, 0.29) is 5.91 Å². The average Bonchev–Trinajstić information content (AvgIpc) is 3.27. The minimum Gasteiger partial charge on any atom is -0.486 e. The first-order valence-electron chi connectivity index (χ1n) is 10.7. The van der Waals surface area contributed by atoms with Gasteiger partial charge in [0.2, 0.25) is 5.91 Å². The summed E-state index contributed by atoms with van der Waals surface area (Å²) in [5.41, 5.74) is 2.82. The molecule has 0 saturated carbocycles. The zero-order valence-corrected chi connectivity index (χ0v) is 17.5. The van der Waals surface area contributed by atoms with E-state index in [0.717, 1.165) is 42.6 Å². The highest BCUT2D eigenvalue weighted by Gasteiger charge is 2.28. The average molecular weight is 411 g/mol. The molecule has 0 aromatic heterocycles. The van der Waals surface area contributed by atoms with Gasteiger partial charge in [0.05, 0.1) is 12.5 Å². The van der Waals surface area contributed by atoms with Crippen LogP contribution in [-0.2, 0) is 11.2 Å². The number of amides is 1. The molecule has 1 amide bonds. The van der Waals surface area contributed by atoms with Crippen molar-refractivity contribution < 1.29 is 19.4 Å². The van der Waals surface area contributed by atoms with Crippen molar-refractivity contribution >= 4 is 5.91 Å². The van der Waals surface area contributed by atoms with Crippen molar-refractivity contribution in [2.24, 2.45) is 0 Å². The molecule has 1 fully saturated rings. The highest BCUT2D eigenvalue weighted by molar-refractivity contribution is 5.79. The number of aryl methyl sites for hydroxylation is 1. The third-order valence-corrected chi connectivity index (χ3v) is 5.90. The summed E-state index contributed by atoms with van der Waals surface area (Å²) < 4.78 is 11.3. The van der Waals surface area contributed by atoms with Crippen molar-refractivity contribution in [1.82, 2.24) is 10.2 Å². The number of aliphatic hydroxyl groups excluding tert-OH is 1. The summed E-state index contributed by atoms with van der Waals surface area (Å²) in [6.07, 6.45) is 1.78. The van der Waals surface area contributed by atoms with Crippen molar-refractivity contribution in [1.29, 1.82) is 0 Å². The Hall–Kier alpha value is -2.57. The number of carbonyl (C=O) groups is 1. The number of likely N-dealkylation sites (tertiary alicyclic amines) is 1. The lowest BCUT2D eigenvalue weighted by Gasteiger charge is -2.29. The van der Waals surface area contributed by atoms with Crippen LogP contribution in [0, 0.1) is 6.92 Å². The van der Waals surface area contributed by atoms with Gasteiger partial charge in [0.1, 0.15) is 19.3 Å². The van der Waals surface area contributed by atoms with Gasteiger partial charge >= 0.3 is 0 Å². The molecule has 2 aromatic rings. The highest BCUT2D eigenvalue weighted by atomic mass is 16.6. The number of rotatable bonds is 7. The summed E-state index contributed by atoms with van der Waals surface area (Å²) in [5, 5.41) is 14.3. The first-order valence-corrected chi connectivity index (χ1v) is 10.7. The lowest BCUT2D eigenvalue weighted by molar-refractivity contribution is -0.122. The van der Waals surface area contributed by atoms with E-state index >= 15 is 0 Å². The molecule has 2 N–H and O–H groups in total. The highest BCUT2D eigenvalue weighted by Crippen LogP contribution is 2.33. The topological polar surface area (TPSA) is 71.0 Å². The second-order valence-electron chi connectivity index (χ2n) is 8.13. The molecule has 0 unspecified atom stereocenters. The third kappa shape index (κ3) is 4.94. The van der Waals surface area contributed by atoms with Gasteiger partial charge in [-0.15, -0.1) is 0 Å². The summed E-state index contributed by atoms with van der Waals surface area (Å²) in [4.78, 5) is 15.1. The Labute approximate surface area is 177 Å². The monoisotopic (exact) mass is 410 g/mol. The van der Waals surface area contributed by atoms with Crippen LogP contribution in [0.3, 0.4) is 0 Å². The van der Waals surface area contributed by atoms with Gasteiger partial charge in [-0.3, -0.25) is 4.79 Å². The molecule has 0 spiro atoms. The zero-order valence-electron chi connectivity index (χ0n) is 17.5. The van der Waals surface area contributed by atoms with Gasteiger partial charge in [-0.25, -0.2) is 0 Å². The number of nitrogens with one attached hydrogen (secondary N) is 1. The van der Waals surface area contributed by atoms with Gasteiger partial charge in [-0.05, 0) is 61.7 Å². The largest absolute Gasteiger partial charge is 0.486 e. The fourth-order valence-electron chi connectivity index (χ4n) is 4.18. The van der Waals surface area contributed by atoms with Crippen molar-refractivity contribution in [2.75, 3.05) is 32.8 Å². The molecule has 30 heavy (non-hydrogen) atoms. The molecule has 2 atom stereocenters. The molecule has 160 valence electrons. The second kappa shape index (κ2) is 9.49. The maximum Gasteiger partial charge on any atom is 0.224 e. The SMILES string of the molecule is Cc1ccccc1CC(=O)N[C@H](CN1CCCC1)[C@H](O)c1ccc2c(c1)OCCO2. The molecular formula is C24H30N2O4. The molecule has 4 rings (SSSR count). The van der Waals surface area contributed by atoms with Crippen molar-refractivity contribution in [3.8, 4) is 11.5 Å². The van der Waals surface area contributed by atoms with Crippen LogP contribution >= 0.6 is 0 Å². The molecule has 2 aromatic carbocycles. The molecule has 2 aliphatic heterocycles. The quantitative estimate of drug-likeness (QED) is 0.734.